The molecule has 0 bridgehead atoms. The zero-order valence-corrected chi connectivity index (χ0v) is 13.2. The monoisotopic (exact) mass is 343 g/mol. The molecule has 6 nitrogen and oxygen atoms in total. The van der Waals surface area contributed by atoms with E-state index in [0.29, 0.717) is 4.47 Å². The summed E-state index contributed by atoms with van der Waals surface area (Å²) in [5.74, 6) is -0.335. The van der Waals surface area contributed by atoms with Gasteiger partial charge in [-0.25, -0.2) is 0 Å². The normalized spacial score (nSPS) is 12.8. The Kier molecular flexibility index (Phi) is 5.24. The Hall–Kier alpha value is -1.47. The van der Waals surface area contributed by atoms with E-state index in [1.54, 1.807) is 6.07 Å². The highest BCUT2D eigenvalue weighted by molar-refractivity contribution is 9.10. The molecule has 1 unspecified atom stereocenters. The van der Waals surface area contributed by atoms with Gasteiger partial charge in [0.1, 0.15) is 5.69 Å². The van der Waals surface area contributed by atoms with Gasteiger partial charge in [0.05, 0.1) is 4.92 Å². The number of nitrogens with two attached hydrogens (primary N) is 1. The summed E-state index contributed by atoms with van der Waals surface area (Å²) in [4.78, 5) is 22.3. The number of benzene rings is 1. The van der Waals surface area contributed by atoms with Gasteiger partial charge in [0, 0.05) is 23.0 Å². The Bertz CT molecular complexity index is 526. The zero-order valence-electron chi connectivity index (χ0n) is 11.6. The van der Waals surface area contributed by atoms with Gasteiger partial charge >= 0.3 is 0 Å². The lowest BCUT2D eigenvalue weighted by Crippen LogP contribution is -2.38. The van der Waals surface area contributed by atoms with Gasteiger partial charge in [0.15, 0.2) is 0 Å². The molecular weight excluding hydrogens is 326 g/mol. The Morgan fingerprint density at radius 2 is 2.10 bits per heavy atom. The summed E-state index contributed by atoms with van der Waals surface area (Å²) >= 11 is 3.16. The van der Waals surface area contributed by atoms with Crippen LogP contribution in [0.1, 0.15) is 27.2 Å². The van der Waals surface area contributed by atoms with Crippen molar-refractivity contribution >= 4 is 33.2 Å². The Morgan fingerprint density at radius 1 is 1.50 bits per heavy atom. The number of nitro benzene ring substituents is 1. The van der Waals surface area contributed by atoms with Crippen molar-refractivity contribution in [2.45, 2.75) is 33.2 Å². The molecular formula is C13H18BrN3O3. The van der Waals surface area contributed by atoms with Crippen molar-refractivity contribution in [2.24, 2.45) is 11.1 Å². The molecule has 0 aromatic heterocycles. The minimum absolute atomic E-state index is 0.108. The summed E-state index contributed by atoms with van der Waals surface area (Å²) in [5, 5.41) is 13.5. The van der Waals surface area contributed by atoms with E-state index in [1.807, 2.05) is 20.8 Å². The molecule has 0 saturated carbocycles. The maximum Gasteiger partial charge on any atom is 0.293 e. The van der Waals surface area contributed by atoms with Crippen molar-refractivity contribution in [3.63, 3.8) is 0 Å². The first-order valence-corrected chi connectivity index (χ1v) is 6.90. The molecule has 0 fully saturated rings. The van der Waals surface area contributed by atoms with Gasteiger partial charge in [-0.15, -0.1) is 0 Å². The van der Waals surface area contributed by atoms with Crippen molar-refractivity contribution in [3.05, 3.63) is 32.8 Å². The van der Waals surface area contributed by atoms with Crippen LogP contribution in [0.15, 0.2) is 22.7 Å². The predicted molar refractivity (Wildman–Crippen MR) is 81.5 cm³/mol. The summed E-state index contributed by atoms with van der Waals surface area (Å²) < 4.78 is 0.577. The highest BCUT2D eigenvalue weighted by atomic mass is 79.9. The number of nitrogens with zero attached hydrogens (tertiary/aromatic N) is 1. The highest BCUT2D eigenvalue weighted by Gasteiger charge is 2.24. The van der Waals surface area contributed by atoms with Crippen molar-refractivity contribution in [1.29, 1.82) is 0 Å². The smallest absolute Gasteiger partial charge is 0.293 e. The number of anilines is 1. The summed E-state index contributed by atoms with van der Waals surface area (Å²) in [6.45, 7) is 5.81. The molecule has 110 valence electrons. The first kappa shape index (κ1) is 16.6. The number of rotatable bonds is 4. The second kappa shape index (κ2) is 6.32. The SMILES string of the molecule is CC(C)(C)C(N)CC(=O)Nc1ccc(Br)cc1[N+](=O)[O-]. The standard InChI is InChI=1S/C13H18BrN3O3/c1-13(2,3)11(15)7-12(18)16-9-5-4-8(14)6-10(9)17(19)20/h4-6,11H,7,15H2,1-3H3,(H,16,18). The number of carbonyl (C=O) groups excluding carboxylic acids is 1. The molecule has 3 N–H and O–H groups in total. The Labute approximate surface area is 126 Å². The molecule has 0 aliphatic heterocycles. The predicted octanol–water partition coefficient (Wildman–Crippen LogP) is 3.06. The van der Waals surface area contributed by atoms with Crippen LogP contribution >= 0.6 is 15.9 Å². The minimum atomic E-state index is -0.538. The quantitative estimate of drug-likeness (QED) is 0.648. The van der Waals surface area contributed by atoms with Crippen LogP contribution in [0.2, 0.25) is 0 Å². The summed E-state index contributed by atoms with van der Waals surface area (Å²) in [6, 6.07) is 4.14. The van der Waals surface area contributed by atoms with Crippen LogP contribution in [-0.2, 0) is 4.79 Å². The molecule has 0 saturated heterocycles. The van der Waals surface area contributed by atoms with Crippen molar-refractivity contribution in [2.75, 3.05) is 5.32 Å². The third kappa shape index (κ3) is 4.57. The van der Waals surface area contributed by atoms with Gasteiger partial charge in [0.2, 0.25) is 5.91 Å². The number of amides is 1. The fourth-order valence-corrected chi connectivity index (χ4v) is 1.82. The van der Waals surface area contributed by atoms with Crippen LogP contribution in [0.4, 0.5) is 11.4 Å². The number of carbonyl (C=O) groups is 1. The molecule has 0 aliphatic rings. The molecule has 1 aromatic carbocycles. The molecule has 1 atom stereocenters. The number of nitrogens with one attached hydrogen (secondary N) is 1. The summed E-state index contributed by atoms with van der Waals surface area (Å²) in [7, 11) is 0. The fraction of sp³-hybridized carbons (Fsp3) is 0.462. The van der Waals surface area contributed by atoms with Crippen LogP contribution in [0.5, 0.6) is 0 Å². The highest BCUT2D eigenvalue weighted by Crippen LogP contribution is 2.28. The van der Waals surface area contributed by atoms with Crippen molar-refractivity contribution < 1.29 is 9.72 Å². The average Bonchev–Trinajstić information content (AvgIpc) is 2.29. The van der Waals surface area contributed by atoms with Crippen LogP contribution in [0.3, 0.4) is 0 Å². The second-order valence-electron chi connectivity index (χ2n) is 5.64. The Morgan fingerprint density at radius 3 is 2.60 bits per heavy atom. The molecule has 1 rings (SSSR count). The lowest BCUT2D eigenvalue weighted by atomic mass is 9.85. The van der Waals surface area contributed by atoms with Crippen LogP contribution in [-0.4, -0.2) is 16.9 Å². The number of hydrogen-bond donors (Lipinski definition) is 2. The molecule has 20 heavy (non-hydrogen) atoms. The third-order valence-electron chi connectivity index (χ3n) is 2.95. The van der Waals surface area contributed by atoms with Crippen LogP contribution in [0, 0.1) is 15.5 Å². The topological polar surface area (TPSA) is 98.3 Å². The fourth-order valence-electron chi connectivity index (χ4n) is 1.47. The van der Waals surface area contributed by atoms with Gasteiger partial charge in [0.25, 0.3) is 5.69 Å². The third-order valence-corrected chi connectivity index (χ3v) is 3.44. The van der Waals surface area contributed by atoms with E-state index in [1.165, 1.54) is 12.1 Å². The average molecular weight is 344 g/mol. The number of halogens is 1. The second-order valence-corrected chi connectivity index (χ2v) is 6.56. The first-order chi connectivity index (χ1) is 9.11. The molecule has 1 amide bonds. The number of hydrogen-bond acceptors (Lipinski definition) is 4. The lowest BCUT2D eigenvalue weighted by molar-refractivity contribution is -0.384. The van der Waals surface area contributed by atoms with E-state index in [-0.39, 0.29) is 35.2 Å². The van der Waals surface area contributed by atoms with Gasteiger partial charge in [-0.3, -0.25) is 14.9 Å². The van der Waals surface area contributed by atoms with Gasteiger partial charge < -0.3 is 11.1 Å². The zero-order chi connectivity index (χ0) is 15.5. The van der Waals surface area contributed by atoms with E-state index in [9.17, 15) is 14.9 Å². The molecule has 0 radical (unpaired) electrons. The Balaban J connectivity index is 2.84. The largest absolute Gasteiger partial charge is 0.327 e. The van der Waals surface area contributed by atoms with E-state index in [0.717, 1.165) is 0 Å². The maximum absolute atomic E-state index is 11.9. The van der Waals surface area contributed by atoms with Crippen LogP contribution < -0.4 is 11.1 Å². The van der Waals surface area contributed by atoms with Gasteiger partial charge in [-0.2, -0.15) is 0 Å². The summed E-state index contributed by atoms with van der Waals surface area (Å²) in [6.07, 6.45) is 0.108. The van der Waals surface area contributed by atoms with Crippen molar-refractivity contribution in [1.82, 2.24) is 0 Å². The molecule has 0 aliphatic carbocycles. The molecule has 7 heteroatoms. The minimum Gasteiger partial charge on any atom is -0.327 e. The van der Waals surface area contributed by atoms with E-state index in [2.05, 4.69) is 21.2 Å². The van der Waals surface area contributed by atoms with E-state index >= 15 is 0 Å². The van der Waals surface area contributed by atoms with Gasteiger partial charge in [-0.05, 0) is 17.5 Å². The lowest BCUT2D eigenvalue weighted by Gasteiger charge is -2.26. The molecule has 1 aromatic rings. The molecule has 0 spiro atoms. The maximum atomic E-state index is 11.9. The van der Waals surface area contributed by atoms with Crippen LogP contribution in [0.25, 0.3) is 0 Å². The molecule has 0 heterocycles. The van der Waals surface area contributed by atoms with E-state index in [4.69, 9.17) is 5.73 Å². The summed E-state index contributed by atoms with van der Waals surface area (Å²) in [5.41, 5.74) is 5.73. The first-order valence-electron chi connectivity index (χ1n) is 6.10. The number of nitro groups is 1. The van der Waals surface area contributed by atoms with E-state index < -0.39 is 4.92 Å². The van der Waals surface area contributed by atoms with Gasteiger partial charge in [-0.1, -0.05) is 36.7 Å². The van der Waals surface area contributed by atoms with Crippen molar-refractivity contribution in [3.8, 4) is 0 Å².